The molecule has 2 aliphatic rings. The number of hydrogen-bond donors (Lipinski definition) is 4. The molecule has 0 atom stereocenters. The lowest BCUT2D eigenvalue weighted by Crippen LogP contribution is -2.51. The molecule has 0 aliphatic carbocycles. The number of ketones is 1. The Balaban J connectivity index is 0.00000309. The molecule has 0 spiro atoms. The predicted octanol–water partition coefficient (Wildman–Crippen LogP) is -0.790. The lowest BCUT2D eigenvalue weighted by Gasteiger charge is -2.35. The first-order valence-corrected chi connectivity index (χ1v) is 15.4. The highest BCUT2D eigenvalue weighted by atomic mass is 16.4. The standard InChI is InChI=1S/C28H50N6O7.CH2O2/c1-4-30-11-13-31(15-16-33(21-28(40)41)18-17-32(14-12-30)20-27(38)39)19-26(37)34-9-7-23(8-10-34)29-25(36)6-5-24(35)22(2)3;2-1-3/h22-23H,4-21H2,1-3H3,(H,29,36)(H,38,39)(H,40,41);1H,(H,2,3). The van der Waals surface area contributed by atoms with Crippen molar-refractivity contribution in [2.24, 2.45) is 5.92 Å². The van der Waals surface area contributed by atoms with E-state index in [-0.39, 0.29) is 68.5 Å². The minimum absolute atomic E-state index is 0.00858. The summed E-state index contributed by atoms with van der Waals surface area (Å²) >= 11 is 0. The first kappa shape index (κ1) is 38.9. The first-order valence-electron chi connectivity index (χ1n) is 15.4. The van der Waals surface area contributed by atoms with Crippen LogP contribution in [0.25, 0.3) is 0 Å². The van der Waals surface area contributed by atoms with Crippen LogP contribution >= 0.6 is 0 Å². The molecule has 252 valence electrons. The lowest BCUT2D eigenvalue weighted by molar-refractivity contribution is -0.140. The van der Waals surface area contributed by atoms with Gasteiger partial charge >= 0.3 is 11.9 Å². The third-order valence-corrected chi connectivity index (χ3v) is 7.91. The number of carbonyl (C=O) groups excluding carboxylic acids is 3. The van der Waals surface area contributed by atoms with Crippen LogP contribution in [0.3, 0.4) is 0 Å². The average Bonchev–Trinajstić information content (AvgIpc) is 2.96. The summed E-state index contributed by atoms with van der Waals surface area (Å²) in [6, 6.07) is -0.00858. The molecule has 2 heterocycles. The molecule has 15 heteroatoms. The largest absolute Gasteiger partial charge is 0.483 e. The number of carboxylic acid groups (broad SMARTS) is 3. The number of likely N-dealkylation sites (N-methyl/N-ethyl adjacent to an activating group) is 1. The van der Waals surface area contributed by atoms with Crippen LogP contribution in [0.15, 0.2) is 0 Å². The fourth-order valence-corrected chi connectivity index (χ4v) is 5.14. The van der Waals surface area contributed by atoms with Crippen LogP contribution in [-0.2, 0) is 28.8 Å². The summed E-state index contributed by atoms with van der Waals surface area (Å²) in [5.74, 6) is -1.95. The molecule has 0 aromatic rings. The van der Waals surface area contributed by atoms with Gasteiger partial charge in [0.15, 0.2) is 0 Å². The van der Waals surface area contributed by atoms with Crippen molar-refractivity contribution in [3.05, 3.63) is 0 Å². The minimum Gasteiger partial charge on any atom is -0.483 e. The summed E-state index contributed by atoms with van der Waals surface area (Å²) in [5, 5.41) is 28.6. The average molecular weight is 629 g/mol. The molecule has 2 aliphatic heterocycles. The number of hydrogen-bond acceptors (Lipinski definition) is 10. The van der Waals surface area contributed by atoms with Crippen molar-refractivity contribution in [3.8, 4) is 0 Å². The molecular weight excluding hydrogens is 576 g/mol. The Morgan fingerprint density at radius 2 is 1.14 bits per heavy atom. The Bertz CT molecular complexity index is 927. The van der Waals surface area contributed by atoms with E-state index < -0.39 is 11.9 Å². The van der Waals surface area contributed by atoms with Gasteiger partial charge in [-0.05, 0) is 19.4 Å². The van der Waals surface area contributed by atoms with E-state index in [1.165, 1.54) is 0 Å². The van der Waals surface area contributed by atoms with Gasteiger partial charge in [-0.2, -0.15) is 0 Å². The Kier molecular flexibility index (Phi) is 19.0. The van der Waals surface area contributed by atoms with Gasteiger partial charge < -0.3 is 30.4 Å². The Labute approximate surface area is 260 Å². The number of carbonyl (C=O) groups is 6. The second-order valence-electron chi connectivity index (χ2n) is 11.5. The van der Waals surface area contributed by atoms with Crippen molar-refractivity contribution in [3.63, 3.8) is 0 Å². The van der Waals surface area contributed by atoms with Gasteiger partial charge in [-0.15, -0.1) is 0 Å². The van der Waals surface area contributed by atoms with E-state index in [1.807, 2.05) is 23.6 Å². The molecule has 0 aromatic heterocycles. The smallest absolute Gasteiger partial charge is 0.317 e. The first-order chi connectivity index (χ1) is 20.9. The highest BCUT2D eigenvalue weighted by molar-refractivity contribution is 5.86. The minimum atomic E-state index is -0.942. The van der Waals surface area contributed by atoms with Gasteiger partial charge in [0, 0.05) is 90.2 Å². The van der Waals surface area contributed by atoms with E-state index in [9.17, 15) is 34.2 Å². The number of Topliss-reactive ketones (excluding diaryl/α,β-unsaturated/α-hetero) is 1. The number of amides is 2. The number of nitrogens with zero attached hydrogens (tertiary/aromatic N) is 5. The molecule has 0 bridgehead atoms. The van der Waals surface area contributed by atoms with Crippen molar-refractivity contribution in [1.82, 2.24) is 29.8 Å². The maximum absolute atomic E-state index is 13.2. The van der Waals surface area contributed by atoms with Crippen LogP contribution in [0.2, 0.25) is 0 Å². The molecule has 0 unspecified atom stereocenters. The van der Waals surface area contributed by atoms with Crippen molar-refractivity contribution in [1.29, 1.82) is 0 Å². The highest BCUT2D eigenvalue weighted by Gasteiger charge is 2.26. The van der Waals surface area contributed by atoms with Crippen molar-refractivity contribution in [2.45, 2.75) is 52.5 Å². The quantitative estimate of drug-likeness (QED) is 0.197. The fourth-order valence-electron chi connectivity index (χ4n) is 5.14. The molecule has 0 aromatic carbocycles. The van der Waals surface area contributed by atoms with E-state index in [1.54, 1.807) is 4.90 Å². The maximum atomic E-state index is 13.2. The normalized spacial score (nSPS) is 18.8. The van der Waals surface area contributed by atoms with Crippen LogP contribution in [-0.4, -0.2) is 173 Å². The number of aliphatic carboxylic acids is 2. The number of likely N-dealkylation sites (tertiary alicyclic amines) is 1. The predicted molar refractivity (Wildman–Crippen MR) is 162 cm³/mol. The number of rotatable bonds is 12. The fraction of sp³-hybridized carbons (Fsp3) is 0.793. The molecule has 2 rings (SSSR count). The molecule has 15 nitrogen and oxygen atoms in total. The SMILES string of the molecule is CCN1CCN(CC(=O)O)CCN(CC(=O)O)CCN(CC(=O)N2CCC(NC(=O)CCC(=O)C(C)C)CC2)CC1.O=CO. The zero-order valence-corrected chi connectivity index (χ0v) is 26.5. The monoisotopic (exact) mass is 628 g/mol. The second-order valence-corrected chi connectivity index (χ2v) is 11.5. The number of nitrogens with one attached hydrogen (secondary N) is 1. The van der Waals surface area contributed by atoms with Crippen LogP contribution in [0.1, 0.15) is 46.5 Å². The van der Waals surface area contributed by atoms with Crippen molar-refractivity contribution >= 4 is 36.0 Å². The Hall–Kier alpha value is -3.14. The van der Waals surface area contributed by atoms with Gasteiger partial charge in [0.2, 0.25) is 11.8 Å². The van der Waals surface area contributed by atoms with Crippen LogP contribution in [0.4, 0.5) is 0 Å². The lowest BCUT2D eigenvalue weighted by atomic mass is 10.0. The number of piperidine rings is 1. The van der Waals surface area contributed by atoms with Gasteiger partial charge in [0.25, 0.3) is 6.47 Å². The van der Waals surface area contributed by atoms with E-state index in [0.29, 0.717) is 71.7 Å². The van der Waals surface area contributed by atoms with Gasteiger partial charge in [0.05, 0.1) is 19.6 Å². The van der Waals surface area contributed by atoms with Crippen molar-refractivity contribution < 1.29 is 44.1 Å². The third kappa shape index (κ3) is 16.6. The second kappa shape index (κ2) is 21.5. The van der Waals surface area contributed by atoms with Gasteiger partial charge in [-0.1, -0.05) is 20.8 Å². The summed E-state index contributed by atoms with van der Waals surface area (Å²) < 4.78 is 0. The van der Waals surface area contributed by atoms with Crippen LogP contribution in [0.5, 0.6) is 0 Å². The third-order valence-electron chi connectivity index (χ3n) is 7.91. The van der Waals surface area contributed by atoms with E-state index in [2.05, 4.69) is 22.0 Å². The van der Waals surface area contributed by atoms with E-state index in [0.717, 1.165) is 13.1 Å². The number of carboxylic acids is 2. The molecule has 2 fully saturated rings. The maximum Gasteiger partial charge on any atom is 0.317 e. The molecule has 2 amide bonds. The zero-order chi connectivity index (χ0) is 33.1. The van der Waals surface area contributed by atoms with Gasteiger partial charge in [-0.3, -0.25) is 43.5 Å². The molecule has 44 heavy (non-hydrogen) atoms. The highest BCUT2D eigenvalue weighted by Crippen LogP contribution is 2.12. The topological polar surface area (TPSA) is 191 Å². The van der Waals surface area contributed by atoms with Crippen LogP contribution in [0, 0.1) is 5.92 Å². The molecule has 0 saturated carbocycles. The molecular formula is C29H52N6O9. The van der Waals surface area contributed by atoms with E-state index >= 15 is 0 Å². The van der Waals surface area contributed by atoms with Crippen LogP contribution < -0.4 is 5.32 Å². The van der Waals surface area contributed by atoms with Crippen molar-refractivity contribution in [2.75, 3.05) is 91.6 Å². The Morgan fingerprint density at radius 1 is 0.727 bits per heavy atom. The van der Waals surface area contributed by atoms with Gasteiger partial charge in [-0.25, -0.2) is 0 Å². The van der Waals surface area contributed by atoms with E-state index in [4.69, 9.17) is 9.90 Å². The molecule has 4 N–H and O–H groups in total. The summed E-state index contributed by atoms with van der Waals surface area (Å²) in [6.45, 7) is 11.9. The summed E-state index contributed by atoms with van der Waals surface area (Å²) in [6.07, 6.45) is 1.77. The summed E-state index contributed by atoms with van der Waals surface area (Å²) in [7, 11) is 0. The van der Waals surface area contributed by atoms with Gasteiger partial charge in [0.1, 0.15) is 5.78 Å². The zero-order valence-electron chi connectivity index (χ0n) is 26.5. The molecule has 0 radical (unpaired) electrons. The summed E-state index contributed by atoms with van der Waals surface area (Å²) in [5.41, 5.74) is 0. The Morgan fingerprint density at radius 3 is 1.52 bits per heavy atom. The summed E-state index contributed by atoms with van der Waals surface area (Å²) in [4.78, 5) is 78.3. The molecule has 2 saturated heterocycles.